The number of carboxylic acid groups (broad SMARTS) is 1. The van der Waals surface area contributed by atoms with E-state index in [2.05, 4.69) is 0 Å². The Kier molecular flexibility index (Phi) is 2.73. The number of aromatic hydroxyl groups is 1. The predicted octanol–water partition coefficient (Wildman–Crippen LogP) is -0.377. The maximum Gasteiger partial charge on any atom is 0.330 e. The van der Waals surface area contributed by atoms with Gasteiger partial charge in [0.1, 0.15) is 5.75 Å². The SMILES string of the molecule is NC(CO)(C(=O)O)c1ccccc1O. The zero-order valence-electron chi connectivity index (χ0n) is 7.34. The molecule has 0 heterocycles. The van der Waals surface area contributed by atoms with Crippen molar-refractivity contribution in [3.05, 3.63) is 29.8 Å². The molecule has 5 heteroatoms. The minimum atomic E-state index is -1.95. The molecule has 0 aliphatic rings. The molecule has 1 unspecified atom stereocenters. The first kappa shape index (κ1) is 10.5. The first-order valence-corrected chi connectivity index (χ1v) is 3.94. The van der Waals surface area contributed by atoms with Gasteiger partial charge in [0.15, 0.2) is 5.54 Å². The highest BCUT2D eigenvalue weighted by Crippen LogP contribution is 2.26. The van der Waals surface area contributed by atoms with Crippen LogP contribution < -0.4 is 5.73 Å². The summed E-state index contributed by atoms with van der Waals surface area (Å²) in [4.78, 5) is 10.8. The molecular weight excluding hydrogens is 186 g/mol. The van der Waals surface area contributed by atoms with E-state index in [4.69, 9.17) is 15.9 Å². The summed E-state index contributed by atoms with van der Waals surface area (Å²) in [7, 11) is 0. The number of hydrogen-bond donors (Lipinski definition) is 4. The lowest BCUT2D eigenvalue weighted by atomic mass is 9.91. The lowest BCUT2D eigenvalue weighted by Gasteiger charge is -2.23. The lowest BCUT2D eigenvalue weighted by Crippen LogP contribution is -2.48. The summed E-state index contributed by atoms with van der Waals surface area (Å²) >= 11 is 0. The summed E-state index contributed by atoms with van der Waals surface area (Å²) in [5, 5.41) is 27.1. The first-order valence-electron chi connectivity index (χ1n) is 3.94. The molecule has 1 aromatic rings. The van der Waals surface area contributed by atoms with Crippen molar-refractivity contribution in [3.63, 3.8) is 0 Å². The number of phenols is 1. The van der Waals surface area contributed by atoms with Crippen LogP contribution in [0.25, 0.3) is 0 Å². The number of aliphatic hydroxyl groups is 1. The van der Waals surface area contributed by atoms with Crippen LogP contribution in [0.1, 0.15) is 5.56 Å². The number of carboxylic acids is 1. The third-order valence-electron chi connectivity index (χ3n) is 2.02. The number of phenolic OH excluding ortho intramolecular Hbond substituents is 1. The molecule has 1 rings (SSSR count). The molecule has 0 aliphatic heterocycles. The van der Waals surface area contributed by atoms with E-state index in [9.17, 15) is 9.90 Å². The number of para-hydroxylation sites is 1. The lowest BCUT2D eigenvalue weighted by molar-refractivity contribution is -0.145. The summed E-state index contributed by atoms with van der Waals surface area (Å²) in [6.45, 7) is -0.778. The number of benzene rings is 1. The van der Waals surface area contributed by atoms with Gasteiger partial charge in [-0.1, -0.05) is 18.2 Å². The highest BCUT2D eigenvalue weighted by atomic mass is 16.4. The summed E-state index contributed by atoms with van der Waals surface area (Å²) in [6.07, 6.45) is 0. The Hall–Kier alpha value is -1.59. The van der Waals surface area contributed by atoms with Crippen molar-refractivity contribution < 1.29 is 20.1 Å². The topological polar surface area (TPSA) is 104 Å². The fourth-order valence-corrected chi connectivity index (χ4v) is 1.12. The number of rotatable bonds is 3. The van der Waals surface area contributed by atoms with Crippen molar-refractivity contribution in [2.75, 3.05) is 6.61 Å². The van der Waals surface area contributed by atoms with Crippen LogP contribution in [0.4, 0.5) is 0 Å². The molecule has 0 bridgehead atoms. The first-order chi connectivity index (χ1) is 6.52. The van der Waals surface area contributed by atoms with Crippen molar-refractivity contribution in [2.24, 2.45) is 5.73 Å². The van der Waals surface area contributed by atoms with E-state index in [1.54, 1.807) is 6.07 Å². The summed E-state index contributed by atoms with van der Waals surface area (Å²) < 4.78 is 0. The number of nitrogens with two attached hydrogens (primary N) is 1. The Bertz CT molecular complexity index is 352. The highest BCUT2D eigenvalue weighted by molar-refractivity contribution is 5.81. The molecule has 0 fully saturated rings. The standard InChI is InChI=1S/C9H11NO4/c10-9(5-11,8(13)14)6-3-1-2-4-7(6)12/h1-4,11-12H,5,10H2,(H,13,14). The van der Waals surface area contributed by atoms with Crippen LogP contribution in [-0.2, 0) is 10.3 Å². The van der Waals surface area contributed by atoms with Gasteiger partial charge < -0.3 is 21.1 Å². The smallest absolute Gasteiger partial charge is 0.330 e. The van der Waals surface area contributed by atoms with Crippen LogP contribution in [0.3, 0.4) is 0 Å². The van der Waals surface area contributed by atoms with Crippen LogP contribution >= 0.6 is 0 Å². The maximum atomic E-state index is 10.8. The normalized spacial score (nSPS) is 14.7. The summed E-state index contributed by atoms with van der Waals surface area (Å²) in [5.74, 6) is -1.63. The molecule has 76 valence electrons. The van der Waals surface area contributed by atoms with Crippen LogP contribution in [0.2, 0.25) is 0 Å². The third kappa shape index (κ3) is 1.55. The zero-order chi connectivity index (χ0) is 10.8. The second kappa shape index (κ2) is 3.65. The molecule has 0 aliphatic carbocycles. The quantitative estimate of drug-likeness (QED) is 0.529. The molecular formula is C9H11NO4. The van der Waals surface area contributed by atoms with E-state index in [0.717, 1.165) is 0 Å². The highest BCUT2D eigenvalue weighted by Gasteiger charge is 2.37. The molecule has 5 nitrogen and oxygen atoms in total. The number of carbonyl (C=O) groups is 1. The second-order valence-electron chi connectivity index (χ2n) is 2.95. The van der Waals surface area contributed by atoms with Gasteiger partial charge in [0.2, 0.25) is 0 Å². The van der Waals surface area contributed by atoms with Gasteiger partial charge >= 0.3 is 5.97 Å². The molecule has 14 heavy (non-hydrogen) atoms. The summed E-state index contributed by atoms with van der Waals surface area (Å²) in [5.41, 5.74) is 3.50. The van der Waals surface area contributed by atoms with Crippen molar-refractivity contribution in [1.82, 2.24) is 0 Å². The molecule has 1 aromatic carbocycles. The largest absolute Gasteiger partial charge is 0.508 e. The maximum absolute atomic E-state index is 10.8. The van der Waals surface area contributed by atoms with E-state index >= 15 is 0 Å². The van der Waals surface area contributed by atoms with Gasteiger partial charge in [-0.25, -0.2) is 4.79 Å². The molecule has 0 amide bonds. The Morgan fingerprint density at radius 1 is 1.43 bits per heavy atom. The van der Waals surface area contributed by atoms with Gasteiger partial charge in [0, 0.05) is 5.56 Å². The number of hydrogen-bond acceptors (Lipinski definition) is 4. The van der Waals surface area contributed by atoms with Crippen molar-refractivity contribution in [3.8, 4) is 5.75 Å². The van der Waals surface area contributed by atoms with Crippen molar-refractivity contribution in [1.29, 1.82) is 0 Å². The van der Waals surface area contributed by atoms with Crippen molar-refractivity contribution in [2.45, 2.75) is 5.54 Å². The zero-order valence-corrected chi connectivity index (χ0v) is 7.34. The van der Waals surface area contributed by atoms with Crippen LogP contribution in [-0.4, -0.2) is 27.9 Å². The predicted molar refractivity (Wildman–Crippen MR) is 48.7 cm³/mol. The van der Waals surface area contributed by atoms with Gasteiger partial charge in [-0.15, -0.1) is 0 Å². The van der Waals surface area contributed by atoms with E-state index in [1.165, 1.54) is 18.2 Å². The van der Waals surface area contributed by atoms with Gasteiger partial charge in [-0.2, -0.15) is 0 Å². The van der Waals surface area contributed by atoms with Crippen LogP contribution in [0, 0.1) is 0 Å². The Morgan fingerprint density at radius 2 is 2.00 bits per heavy atom. The van der Waals surface area contributed by atoms with E-state index in [0.29, 0.717) is 0 Å². The fourth-order valence-electron chi connectivity index (χ4n) is 1.12. The van der Waals surface area contributed by atoms with E-state index in [-0.39, 0.29) is 11.3 Å². The van der Waals surface area contributed by atoms with Gasteiger partial charge in [0.25, 0.3) is 0 Å². The second-order valence-corrected chi connectivity index (χ2v) is 2.95. The van der Waals surface area contributed by atoms with Gasteiger partial charge in [0.05, 0.1) is 6.61 Å². The molecule has 0 spiro atoms. The van der Waals surface area contributed by atoms with E-state index in [1.807, 2.05) is 0 Å². The Balaban J connectivity index is 3.26. The monoisotopic (exact) mass is 197 g/mol. The average Bonchev–Trinajstić information content (AvgIpc) is 2.17. The number of aliphatic hydroxyl groups excluding tert-OH is 1. The Labute approximate surface area is 80.4 Å². The van der Waals surface area contributed by atoms with E-state index < -0.39 is 18.1 Å². The number of aliphatic carboxylic acids is 1. The summed E-state index contributed by atoms with van der Waals surface area (Å²) in [6, 6.07) is 5.75. The molecule has 5 N–H and O–H groups in total. The molecule has 0 saturated heterocycles. The van der Waals surface area contributed by atoms with Crippen LogP contribution in [0.15, 0.2) is 24.3 Å². The average molecular weight is 197 g/mol. The third-order valence-corrected chi connectivity index (χ3v) is 2.02. The molecule has 0 saturated carbocycles. The molecule has 0 radical (unpaired) electrons. The van der Waals surface area contributed by atoms with Crippen LogP contribution in [0.5, 0.6) is 5.75 Å². The van der Waals surface area contributed by atoms with Crippen molar-refractivity contribution >= 4 is 5.97 Å². The minimum absolute atomic E-state index is 0.00463. The fraction of sp³-hybridized carbons (Fsp3) is 0.222. The van der Waals surface area contributed by atoms with Gasteiger partial charge in [-0.3, -0.25) is 0 Å². The minimum Gasteiger partial charge on any atom is -0.508 e. The molecule has 1 atom stereocenters. The van der Waals surface area contributed by atoms with Gasteiger partial charge in [-0.05, 0) is 6.07 Å². The Morgan fingerprint density at radius 3 is 2.43 bits per heavy atom. The molecule has 0 aromatic heterocycles.